The summed E-state index contributed by atoms with van der Waals surface area (Å²) in [6, 6.07) is 5.06. The molecule has 32 heavy (non-hydrogen) atoms. The fourth-order valence-corrected chi connectivity index (χ4v) is 5.19. The zero-order valence-electron chi connectivity index (χ0n) is 16.9. The van der Waals surface area contributed by atoms with Gasteiger partial charge in [-0.3, -0.25) is 4.79 Å². The number of fused-ring (bicyclic) bond motifs is 1. The zero-order valence-corrected chi connectivity index (χ0v) is 17.7. The molecule has 3 N–H and O–H groups in total. The zero-order chi connectivity index (χ0) is 22.9. The van der Waals surface area contributed by atoms with Crippen molar-refractivity contribution in [3.8, 4) is 0 Å². The van der Waals surface area contributed by atoms with Crippen molar-refractivity contribution in [2.24, 2.45) is 0 Å². The van der Waals surface area contributed by atoms with E-state index in [9.17, 15) is 26.4 Å². The van der Waals surface area contributed by atoms with Gasteiger partial charge in [0.25, 0.3) is 0 Å². The van der Waals surface area contributed by atoms with E-state index in [2.05, 4.69) is 25.9 Å². The summed E-state index contributed by atoms with van der Waals surface area (Å²) in [4.78, 5) is 19.2. The number of sulfonamides is 1. The van der Waals surface area contributed by atoms with Crippen molar-refractivity contribution in [3.63, 3.8) is 0 Å². The third kappa shape index (κ3) is 4.93. The van der Waals surface area contributed by atoms with Crippen LogP contribution in [0.3, 0.4) is 0 Å². The highest BCUT2D eigenvalue weighted by molar-refractivity contribution is 7.89. The van der Waals surface area contributed by atoms with Gasteiger partial charge >= 0.3 is 6.18 Å². The maximum absolute atomic E-state index is 13.4. The minimum Gasteiger partial charge on any atom is -0.369 e. The van der Waals surface area contributed by atoms with E-state index in [0.717, 1.165) is 5.56 Å². The second-order valence-corrected chi connectivity index (χ2v) is 9.61. The lowest BCUT2D eigenvalue weighted by Gasteiger charge is -2.17. The number of nitrogens with one attached hydrogen (secondary N) is 3. The fourth-order valence-electron chi connectivity index (χ4n) is 3.62. The minimum absolute atomic E-state index is 0.0418. The van der Waals surface area contributed by atoms with Crippen LogP contribution in [0.15, 0.2) is 24.4 Å². The predicted octanol–water partition coefficient (Wildman–Crippen LogP) is 2.57. The van der Waals surface area contributed by atoms with E-state index in [1.54, 1.807) is 18.2 Å². The molecular formula is C19H21F3N6O3S. The number of hydrogen-bond acceptors (Lipinski definition) is 7. The number of rotatable bonds is 7. The van der Waals surface area contributed by atoms with Gasteiger partial charge < -0.3 is 16.0 Å². The molecule has 172 valence electrons. The van der Waals surface area contributed by atoms with Crippen LogP contribution in [0.2, 0.25) is 0 Å². The molecule has 2 aliphatic rings. The van der Waals surface area contributed by atoms with Crippen molar-refractivity contribution in [2.45, 2.75) is 25.4 Å². The molecule has 2 aromatic rings. The Morgan fingerprint density at radius 3 is 2.78 bits per heavy atom. The lowest BCUT2D eigenvalue weighted by atomic mass is 10.1. The lowest BCUT2D eigenvalue weighted by molar-refractivity contribution is -0.137. The number of hydrogen-bond donors (Lipinski definition) is 3. The summed E-state index contributed by atoms with van der Waals surface area (Å²) in [6.07, 6.45) is -2.85. The van der Waals surface area contributed by atoms with E-state index >= 15 is 0 Å². The number of carbonyl (C=O) groups excluding carboxylic acids is 1. The Kier molecular flexibility index (Phi) is 5.95. The SMILES string of the molecule is O=C1Cc2cc(Nc3ncc(C(F)(F)F)c(NCCCN4CCCS4(=O)=O)n3)ccc2N1. The van der Waals surface area contributed by atoms with Crippen LogP contribution < -0.4 is 16.0 Å². The quantitative estimate of drug-likeness (QED) is 0.533. The molecule has 0 atom stereocenters. The minimum atomic E-state index is -4.65. The average molecular weight is 470 g/mol. The molecule has 1 amide bonds. The Labute approximate surface area is 182 Å². The summed E-state index contributed by atoms with van der Waals surface area (Å²) < 4.78 is 65.1. The molecular weight excluding hydrogens is 449 g/mol. The van der Waals surface area contributed by atoms with Crippen LogP contribution in [0.25, 0.3) is 0 Å². The maximum atomic E-state index is 13.4. The van der Waals surface area contributed by atoms with E-state index in [4.69, 9.17) is 0 Å². The summed E-state index contributed by atoms with van der Waals surface area (Å²) in [5.74, 6) is -0.458. The second kappa shape index (κ2) is 8.54. The molecule has 0 bridgehead atoms. The van der Waals surface area contributed by atoms with Gasteiger partial charge in [0, 0.05) is 37.2 Å². The van der Waals surface area contributed by atoms with Gasteiger partial charge in [-0.1, -0.05) is 0 Å². The molecule has 0 aliphatic carbocycles. The molecule has 0 spiro atoms. The van der Waals surface area contributed by atoms with Gasteiger partial charge in [0.05, 0.1) is 12.2 Å². The third-order valence-electron chi connectivity index (χ3n) is 5.16. The van der Waals surface area contributed by atoms with E-state index < -0.39 is 27.6 Å². The number of halogens is 3. The first-order valence-electron chi connectivity index (χ1n) is 9.97. The number of nitrogens with zero attached hydrogens (tertiary/aromatic N) is 3. The third-order valence-corrected chi connectivity index (χ3v) is 7.12. The number of amides is 1. The van der Waals surface area contributed by atoms with Gasteiger partial charge in [0.2, 0.25) is 21.9 Å². The van der Waals surface area contributed by atoms with E-state index in [-0.39, 0.29) is 37.1 Å². The Bertz CT molecular complexity index is 1140. The molecule has 0 unspecified atom stereocenters. The first kappa shape index (κ1) is 22.3. The molecule has 0 radical (unpaired) electrons. The van der Waals surface area contributed by atoms with Crippen LogP contribution in [-0.4, -0.2) is 54.0 Å². The normalized spacial score (nSPS) is 17.8. The van der Waals surface area contributed by atoms with Gasteiger partial charge in [-0.05, 0) is 36.6 Å². The van der Waals surface area contributed by atoms with Crippen LogP contribution in [-0.2, 0) is 27.4 Å². The van der Waals surface area contributed by atoms with Crippen molar-refractivity contribution < 1.29 is 26.4 Å². The van der Waals surface area contributed by atoms with E-state index in [0.29, 0.717) is 37.0 Å². The van der Waals surface area contributed by atoms with E-state index in [1.165, 1.54) is 4.31 Å². The lowest BCUT2D eigenvalue weighted by Crippen LogP contribution is -2.28. The molecule has 1 saturated heterocycles. The van der Waals surface area contributed by atoms with Crippen LogP contribution >= 0.6 is 0 Å². The van der Waals surface area contributed by atoms with Gasteiger partial charge in [-0.2, -0.15) is 18.2 Å². The number of alkyl halides is 3. The monoisotopic (exact) mass is 470 g/mol. The number of aromatic nitrogens is 2. The first-order chi connectivity index (χ1) is 15.1. The summed E-state index contributed by atoms with van der Waals surface area (Å²) in [6.45, 7) is 0.770. The molecule has 1 fully saturated rings. The van der Waals surface area contributed by atoms with Gasteiger partial charge in [-0.25, -0.2) is 17.7 Å². The van der Waals surface area contributed by atoms with Gasteiger partial charge in [0.1, 0.15) is 11.4 Å². The van der Waals surface area contributed by atoms with E-state index in [1.807, 2.05) is 0 Å². The molecule has 9 nitrogen and oxygen atoms in total. The Morgan fingerprint density at radius 2 is 2.06 bits per heavy atom. The van der Waals surface area contributed by atoms with Gasteiger partial charge in [-0.15, -0.1) is 0 Å². The Balaban J connectivity index is 1.45. The standard InChI is InChI=1S/C19H21F3N6O3S/c20-19(21,22)14-11-24-18(25-13-3-4-15-12(9-13)10-16(29)26-15)27-17(14)23-5-1-6-28-7-2-8-32(28,30)31/h3-4,9,11H,1-2,5-8,10H2,(H,26,29)(H2,23,24,25,27). The predicted molar refractivity (Wildman–Crippen MR) is 112 cm³/mol. The molecule has 4 rings (SSSR count). The highest BCUT2D eigenvalue weighted by Crippen LogP contribution is 2.34. The van der Waals surface area contributed by atoms with Crippen molar-refractivity contribution >= 4 is 39.1 Å². The number of benzene rings is 1. The smallest absolute Gasteiger partial charge is 0.369 e. The largest absolute Gasteiger partial charge is 0.421 e. The fraction of sp³-hybridized carbons (Fsp3) is 0.421. The highest BCUT2D eigenvalue weighted by atomic mass is 32.2. The van der Waals surface area contributed by atoms with Crippen molar-refractivity contribution in [3.05, 3.63) is 35.5 Å². The number of carbonyl (C=O) groups is 1. The summed E-state index contributed by atoms with van der Waals surface area (Å²) in [7, 11) is -3.25. The summed E-state index contributed by atoms with van der Waals surface area (Å²) in [5.41, 5.74) is 0.976. The molecule has 0 saturated carbocycles. The second-order valence-electron chi connectivity index (χ2n) is 7.52. The van der Waals surface area contributed by atoms with Crippen molar-refractivity contribution in [2.75, 3.05) is 41.3 Å². The van der Waals surface area contributed by atoms with Crippen LogP contribution in [0.5, 0.6) is 0 Å². The molecule has 1 aromatic heterocycles. The van der Waals surface area contributed by atoms with Crippen LogP contribution in [0.1, 0.15) is 24.0 Å². The van der Waals surface area contributed by atoms with Crippen molar-refractivity contribution in [1.82, 2.24) is 14.3 Å². The highest BCUT2D eigenvalue weighted by Gasteiger charge is 2.35. The Hall–Kier alpha value is -2.93. The van der Waals surface area contributed by atoms with Crippen LogP contribution in [0, 0.1) is 0 Å². The summed E-state index contributed by atoms with van der Waals surface area (Å²) >= 11 is 0. The summed E-state index contributed by atoms with van der Waals surface area (Å²) in [5, 5.41) is 8.22. The molecule has 2 aliphatic heterocycles. The van der Waals surface area contributed by atoms with Gasteiger partial charge in [0.15, 0.2) is 0 Å². The average Bonchev–Trinajstić information content (AvgIpc) is 3.24. The Morgan fingerprint density at radius 1 is 1.25 bits per heavy atom. The van der Waals surface area contributed by atoms with Crippen LogP contribution in [0.4, 0.5) is 36.3 Å². The molecule has 3 heterocycles. The maximum Gasteiger partial charge on any atom is 0.421 e. The molecule has 13 heteroatoms. The number of anilines is 4. The first-order valence-corrected chi connectivity index (χ1v) is 11.6. The topological polar surface area (TPSA) is 116 Å². The van der Waals surface area contributed by atoms with Crippen molar-refractivity contribution in [1.29, 1.82) is 0 Å². The molecule has 1 aromatic carbocycles.